The number of anilines is 4. The summed E-state index contributed by atoms with van der Waals surface area (Å²) in [7, 11) is -0.322. The second-order valence-electron chi connectivity index (χ2n) is 9.78. The van der Waals surface area contributed by atoms with Crippen LogP contribution >= 0.6 is 0 Å². The Morgan fingerprint density at radius 2 is 1.88 bits per heavy atom. The number of halogens is 3. The summed E-state index contributed by atoms with van der Waals surface area (Å²) < 4.78 is 66.2. The number of sulfonamides is 1. The molecule has 0 bridgehead atoms. The number of carbonyl (C=O) groups excluding carboxylic acids is 1. The molecular weight excluding hydrogens is 561 g/mol. The molecule has 0 atom stereocenters. The van der Waals surface area contributed by atoms with Crippen LogP contribution in [0.2, 0.25) is 0 Å². The lowest BCUT2D eigenvalue weighted by molar-refractivity contribution is -0.137. The number of rotatable bonds is 9. The molecule has 0 radical (unpaired) electrons. The normalized spacial score (nSPS) is 14.9. The Balaban J connectivity index is 1.53. The fourth-order valence-electron chi connectivity index (χ4n) is 4.26. The zero-order valence-electron chi connectivity index (χ0n) is 22.7. The predicted octanol–water partition coefficient (Wildman–Crippen LogP) is 3.47. The SMILES string of the molecule is CN1CCC(NC(=O)c2cccc(Nc3ncc(C(F)(F)F)c(NCc4cccnc4N(C)S(C)(=O)=O)n3)c2)CC1. The number of hydrogen-bond donors (Lipinski definition) is 3. The van der Waals surface area contributed by atoms with Gasteiger partial charge in [0.15, 0.2) is 0 Å². The van der Waals surface area contributed by atoms with E-state index in [1.54, 1.807) is 36.4 Å². The molecule has 1 aliphatic heterocycles. The first-order valence-corrected chi connectivity index (χ1v) is 14.6. The molecule has 0 aliphatic carbocycles. The van der Waals surface area contributed by atoms with Gasteiger partial charge in [-0.1, -0.05) is 12.1 Å². The van der Waals surface area contributed by atoms with Crippen molar-refractivity contribution >= 4 is 39.2 Å². The minimum absolute atomic E-state index is 0.0683. The summed E-state index contributed by atoms with van der Waals surface area (Å²) in [6.45, 7) is 1.59. The number of alkyl halides is 3. The Kier molecular flexibility index (Phi) is 8.97. The zero-order valence-corrected chi connectivity index (χ0v) is 23.6. The van der Waals surface area contributed by atoms with E-state index in [2.05, 4.69) is 35.8 Å². The van der Waals surface area contributed by atoms with Crippen molar-refractivity contribution in [3.8, 4) is 0 Å². The molecule has 15 heteroatoms. The van der Waals surface area contributed by atoms with E-state index in [-0.39, 0.29) is 30.3 Å². The number of piperidine rings is 1. The summed E-state index contributed by atoms with van der Waals surface area (Å²) in [5.74, 6) is -0.819. The van der Waals surface area contributed by atoms with Gasteiger partial charge in [0.05, 0.1) is 6.26 Å². The highest BCUT2D eigenvalue weighted by molar-refractivity contribution is 7.92. The lowest BCUT2D eigenvalue weighted by Crippen LogP contribution is -2.43. The maximum absolute atomic E-state index is 13.8. The van der Waals surface area contributed by atoms with Crippen LogP contribution in [-0.4, -0.2) is 73.7 Å². The number of likely N-dealkylation sites (tertiary alicyclic amines) is 1. The summed E-state index contributed by atoms with van der Waals surface area (Å²) in [6.07, 6.45) is -0.0248. The van der Waals surface area contributed by atoms with Gasteiger partial charge in [-0.25, -0.2) is 18.4 Å². The number of hydrogen-bond acceptors (Lipinski definition) is 9. The molecule has 0 saturated carbocycles. The van der Waals surface area contributed by atoms with Crippen molar-refractivity contribution in [3.05, 3.63) is 65.5 Å². The van der Waals surface area contributed by atoms with E-state index in [9.17, 15) is 26.4 Å². The smallest absolute Gasteiger partial charge is 0.365 e. The van der Waals surface area contributed by atoms with Crippen LogP contribution in [-0.2, 0) is 22.7 Å². The zero-order chi connectivity index (χ0) is 29.8. The van der Waals surface area contributed by atoms with Crippen LogP contribution in [0.25, 0.3) is 0 Å². The lowest BCUT2D eigenvalue weighted by Gasteiger charge is -2.29. The molecule has 1 aliphatic rings. The van der Waals surface area contributed by atoms with Crippen LogP contribution in [0.4, 0.5) is 36.4 Å². The number of nitrogens with one attached hydrogen (secondary N) is 3. The van der Waals surface area contributed by atoms with E-state index >= 15 is 0 Å². The molecule has 220 valence electrons. The molecule has 0 unspecified atom stereocenters. The standard InChI is InChI=1S/C26H31F3N8O3S/c1-36-12-9-19(10-13-36)33-24(38)17-6-4-8-20(14-17)34-25-32-16-21(26(27,28)29)22(35-25)31-15-18-7-5-11-30-23(18)37(2)41(3,39)40/h4-8,11,14,16,19H,9-10,12-13,15H2,1-3H3,(H,33,38)(H2,31,32,34,35). The highest BCUT2D eigenvalue weighted by Gasteiger charge is 2.35. The van der Waals surface area contributed by atoms with Crippen molar-refractivity contribution < 1.29 is 26.4 Å². The molecule has 0 spiro atoms. The van der Waals surface area contributed by atoms with Gasteiger partial charge in [0.2, 0.25) is 16.0 Å². The number of pyridine rings is 1. The predicted molar refractivity (Wildman–Crippen MR) is 150 cm³/mol. The van der Waals surface area contributed by atoms with Crippen LogP contribution in [0, 0.1) is 0 Å². The number of amides is 1. The first-order valence-electron chi connectivity index (χ1n) is 12.7. The first-order chi connectivity index (χ1) is 19.3. The fourth-order valence-corrected chi connectivity index (χ4v) is 4.74. The van der Waals surface area contributed by atoms with Gasteiger partial charge in [-0.15, -0.1) is 0 Å². The van der Waals surface area contributed by atoms with E-state index < -0.39 is 27.6 Å². The molecule has 1 saturated heterocycles. The van der Waals surface area contributed by atoms with Gasteiger partial charge >= 0.3 is 6.18 Å². The van der Waals surface area contributed by atoms with Crippen molar-refractivity contribution in [2.24, 2.45) is 0 Å². The largest absolute Gasteiger partial charge is 0.421 e. The summed E-state index contributed by atoms with van der Waals surface area (Å²) in [6, 6.07) is 9.67. The van der Waals surface area contributed by atoms with Crippen LogP contribution in [0.1, 0.15) is 34.3 Å². The third-order valence-electron chi connectivity index (χ3n) is 6.64. The maximum Gasteiger partial charge on any atom is 0.421 e. The molecule has 41 heavy (non-hydrogen) atoms. The van der Waals surface area contributed by atoms with Gasteiger partial charge in [0.1, 0.15) is 17.2 Å². The molecule has 1 amide bonds. The van der Waals surface area contributed by atoms with Crippen molar-refractivity contribution in [1.29, 1.82) is 0 Å². The molecular formula is C26H31F3N8O3S. The number of aromatic nitrogens is 3. The van der Waals surface area contributed by atoms with E-state index in [1.807, 2.05) is 7.05 Å². The minimum atomic E-state index is -4.76. The molecule has 1 aromatic carbocycles. The summed E-state index contributed by atoms with van der Waals surface area (Å²) in [5.41, 5.74) is 0.0376. The van der Waals surface area contributed by atoms with Crippen LogP contribution < -0.4 is 20.3 Å². The summed E-state index contributed by atoms with van der Waals surface area (Å²) in [4.78, 5) is 26.9. The Morgan fingerprint density at radius 3 is 2.56 bits per heavy atom. The fraction of sp³-hybridized carbons (Fsp3) is 0.385. The molecule has 3 N–H and O–H groups in total. The van der Waals surface area contributed by atoms with Crippen LogP contribution in [0.15, 0.2) is 48.8 Å². The van der Waals surface area contributed by atoms with Gasteiger partial charge in [-0.2, -0.15) is 18.2 Å². The van der Waals surface area contributed by atoms with Crippen molar-refractivity contribution in [1.82, 2.24) is 25.2 Å². The summed E-state index contributed by atoms with van der Waals surface area (Å²) in [5, 5.41) is 8.53. The van der Waals surface area contributed by atoms with Crippen molar-refractivity contribution in [3.63, 3.8) is 0 Å². The third-order valence-corrected chi connectivity index (χ3v) is 7.81. The molecule has 1 fully saturated rings. The van der Waals surface area contributed by atoms with E-state index in [0.717, 1.165) is 36.5 Å². The average molecular weight is 593 g/mol. The summed E-state index contributed by atoms with van der Waals surface area (Å²) >= 11 is 0. The average Bonchev–Trinajstić information content (AvgIpc) is 2.92. The quantitative estimate of drug-likeness (QED) is 0.342. The molecule has 2 aromatic heterocycles. The lowest BCUT2D eigenvalue weighted by atomic mass is 10.0. The highest BCUT2D eigenvalue weighted by Crippen LogP contribution is 2.34. The monoisotopic (exact) mass is 592 g/mol. The van der Waals surface area contributed by atoms with Crippen molar-refractivity contribution in [2.75, 3.05) is 48.4 Å². The Hall–Kier alpha value is -3.98. The molecule has 3 heterocycles. The van der Waals surface area contributed by atoms with E-state index in [1.165, 1.54) is 13.2 Å². The Bertz CT molecular complexity index is 1500. The molecule has 3 aromatic rings. The number of carbonyl (C=O) groups is 1. The molecule has 4 rings (SSSR count). The Labute approximate surface area is 236 Å². The number of nitrogens with zero attached hydrogens (tertiary/aromatic N) is 5. The second-order valence-corrected chi connectivity index (χ2v) is 11.8. The third kappa shape index (κ3) is 7.82. The van der Waals surface area contributed by atoms with E-state index in [0.29, 0.717) is 23.0 Å². The molecule has 11 nitrogen and oxygen atoms in total. The topological polar surface area (TPSA) is 132 Å². The first kappa shape index (κ1) is 30.0. The van der Waals surface area contributed by atoms with Crippen LogP contribution in [0.3, 0.4) is 0 Å². The second kappa shape index (κ2) is 12.3. The van der Waals surface area contributed by atoms with Gasteiger partial charge in [-0.05, 0) is 57.2 Å². The Morgan fingerprint density at radius 1 is 1.15 bits per heavy atom. The van der Waals surface area contributed by atoms with E-state index in [4.69, 9.17) is 0 Å². The number of benzene rings is 1. The highest BCUT2D eigenvalue weighted by atomic mass is 32.2. The van der Waals surface area contributed by atoms with Gasteiger partial charge in [0.25, 0.3) is 5.91 Å². The van der Waals surface area contributed by atoms with Gasteiger partial charge in [0, 0.05) is 48.8 Å². The van der Waals surface area contributed by atoms with Crippen LogP contribution in [0.5, 0.6) is 0 Å². The maximum atomic E-state index is 13.8. The van der Waals surface area contributed by atoms with Gasteiger partial charge in [-0.3, -0.25) is 9.10 Å². The minimum Gasteiger partial charge on any atom is -0.365 e. The van der Waals surface area contributed by atoms with Gasteiger partial charge < -0.3 is 20.9 Å². The van der Waals surface area contributed by atoms with Crippen molar-refractivity contribution in [2.45, 2.75) is 31.6 Å².